The molecule has 1 aliphatic carbocycles. The Bertz CT molecular complexity index is 373. The van der Waals surface area contributed by atoms with Crippen molar-refractivity contribution in [1.82, 2.24) is 15.1 Å². The van der Waals surface area contributed by atoms with E-state index in [4.69, 9.17) is 9.73 Å². The average Bonchev–Trinajstić information content (AvgIpc) is 3.02. The molecule has 5 nitrogen and oxygen atoms in total. The molecule has 0 aromatic carbocycles. The van der Waals surface area contributed by atoms with Crippen LogP contribution in [0.15, 0.2) is 4.99 Å². The lowest BCUT2D eigenvalue weighted by molar-refractivity contribution is 0.0377. The Morgan fingerprint density at radius 2 is 1.79 bits per heavy atom. The second-order valence-electron chi connectivity index (χ2n) is 7.25. The molecule has 0 bridgehead atoms. The first-order chi connectivity index (χ1) is 11.4. The molecule has 0 aromatic rings. The molecule has 3 fully saturated rings. The average molecular weight is 450 g/mol. The number of ether oxygens (including phenoxy) is 1. The van der Waals surface area contributed by atoms with Gasteiger partial charge in [-0.15, -0.1) is 24.0 Å². The molecule has 24 heavy (non-hydrogen) atoms. The second kappa shape index (κ2) is 10.8. The molecule has 2 atom stereocenters. The van der Waals surface area contributed by atoms with Crippen LogP contribution in [0.5, 0.6) is 0 Å². The summed E-state index contributed by atoms with van der Waals surface area (Å²) in [6.07, 6.45) is 6.87. The van der Waals surface area contributed by atoms with Crippen molar-refractivity contribution >= 4 is 29.9 Å². The molecule has 6 heteroatoms. The van der Waals surface area contributed by atoms with Crippen LogP contribution >= 0.6 is 24.0 Å². The summed E-state index contributed by atoms with van der Waals surface area (Å²) in [6.45, 7) is 11.6. The highest BCUT2D eigenvalue weighted by Crippen LogP contribution is 2.35. The lowest BCUT2D eigenvalue weighted by Crippen LogP contribution is -2.40. The van der Waals surface area contributed by atoms with E-state index in [0.717, 1.165) is 70.2 Å². The molecule has 0 amide bonds. The third kappa shape index (κ3) is 5.73. The summed E-state index contributed by atoms with van der Waals surface area (Å²) in [6, 6.07) is 0. The van der Waals surface area contributed by atoms with Crippen molar-refractivity contribution in [1.29, 1.82) is 0 Å². The van der Waals surface area contributed by atoms with E-state index in [9.17, 15) is 0 Å². The minimum atomic E-state index is 0. The van der Waals surface area contributed by atoms with Gasteiger partial charge in [0, 0.05) is 45.8 Å². The largest absolute Gasteiger partial charge is 0.379 e. The highest BCUT2D eigenvalue weighted by Gasteiger charge is 2.35. The Morgan fingerprint density at radius 1 is 1.12 bits per heavy atom. The highest BCUT2D eigenvalue weighted by atomic mass is 127. The smallest absolute Gasteiger partial charge is 0.193 e. The van der Waals surface area contributed by atoms with Crippen LogP contribution in [0, 0.1) is 11.8 Å². The van der Waals surface area contributed by atoms with E-state index in [0.29, 0.717) is 0 Å². The van der Waals surface area contributed by atoms with Crippen molar-refractivity contribution in [3.8, 4) is 0 Å². The van der Waals surface area contributed by atoms with Crippen molar-refractivity contribution in [2.24, 2.45) is 16.8 Å². The Kier molecular flexibility index (Phi) is 9.11. The summed E-state index contributed by atoms with van der Waals surface area (Å²) in [5.41, 5.74) is 0. The monoisotopic (exact) mass is 450 g/mol. The Hall–Kier alpha value is -0.0800. The Balaban J connectivity index is 0.00000208. The standard InChI is InChI=1S/C18H34N4O.HI/c1-2-19-18(20-8-5-9-21-10-12-23-13-11-21)22-14-16-6-3-4-7-17(16)15-22;/h16-17H,2-15H2,1H3,(H,19,20);1H. The fourth-order valence-corrected chi connectivity index (χ4v) is 4.31. The fraction of sp³-hybridized carbons (Fsp3) is 0.944. The molecule has 0 radical (unpaired) electrons. The molecule has 3 rings (SSSR count). The number of guanidine groups is 1. The normalized spacial score (nSPS) is 28.4. The third-order valence-electron chi connectivity index (χ3n) is 5.61. The van der Waals surface area contributed by atoms with Crippen LogP contribution in [0.4, 0.5) is 0 Å². The minimum absolute atomic E-state index is 0. The summed E-state index contributed by atoms with van der Waals surface area (Å²) in [7, 11) is 0. The maximum Gasteiger partial charge on any atom is 0.193 e. The van der Waals surface area contributed by atoms with Gasteiger partial charge in [0.25, 0.3) is 0 Å². The maximum atomic E-state index is 5.40. The number of rotatable bonds is 5. The molecule has 140 valence electrons. The van der Waals surface area contributed by atoms with Crippen LogP contribution < -0.4 is 5.32 Å². The molecule has 0 aromatic heterocycles. The zero-order valence-corrected chi connectivity index (χ0v) is 17.5. The second-order valence-corrected chi connectivity index (χ2v) is 7.25. The van der Waals surface area contributed by atoms with Crippen molar-refractivity contribution in [3.63, 3.8) is 0 Å². The number of nitrogens with zero attached hydrogens (tertiary/aromatic N) is 3. The molecular weight excluding hydrogens is 415 g/mol. The van der Waals surface area contributed by atoms with Crippen LogP contribution in [0.2, 0.25) is 0 Å². The predicted octanol–water partition coefficient (Wildman–Crippen LogP) is 2.41. The van der Waals surface area contributed by atoms with E-state index in [1.807, 2.05) is 0 Å². The number of morpholine rings is 1. The molecule has 1 saturated carbocycles. The summed E-state index contributed by atoms with van der Waals surface area (Å²) in [5, 5.41) is 3.52. The molecular formula is C18H35IN4O. The fourth-order valence-electron chi connectivity index (χ4n) is 4.31. The minimum Gasteiger partial charge on any atom is -0.379 e. The van der Waals surface area contributed by atoms with Crippen LogP contribution in [-0.4, -0.2) is 74.8 Å². The van der Waals surface area contributed by atoms with Gasteiger partial charge < -0.3 is 15.0 Å². The number of hydrogen-bond acceptors (Lipinski definition) is 3. The van der Waals surface area contributed by atoms with Gasteiger partial charge in [-0.2, -0.15) is 0 Å². The summed E-state index contributed by atoms with van der Waals surface area (Å²) < 4.78 is 5.40. The molecule has 0 spiro atoms. The van der Waals surface area contributed by atoms with Gasteiger partial charge in [0.05, 0.1) is 13.2 Å². The Labute approximate surface area is 164 Å². The number of likely N-dealkylation sites (tertiary alicyclic amines) is 1. The van der Waals surface area contributed by atoms with Gasteiger partial charge in [0.15, 0.2) is 5.96 Å². The van der Waals surface area contributed by atoms with Gasteiger partial charge in [0.2, 0.25) is 0 Å². The molecule has 1 N–H and O–H groups in total. The molecule has 2 saturated heterocycles. The van der Waals surface area contributed by atoms with E-state index in [1.54, 1.807) is 0 Å². The molecule has 2 unspecified atom stereocenters. The topological polar surface area (TPSA) is 40.1 Å². The van der Waals surface area contributed by atoms with Gasteiger partial charge in [-0.3, -0.25) is 9.89 Å². The van der Waals surface area contributed by atoms with Crippen LogP contribution in [0.3, 0.4) is 0 Å². The first-order valence-corrected chi connectivity index (χ1v) is 9.70. The van der Waals surface area contributed by atoms with Gasteiger partial charge in [-0.05, 0) is 38.0 Å². The Morgan fingerprint density at radius 3 is 2.42 bits per heavy atom. The van der Waals surface area contributed by atoms with Gasteiger partial charge in [0.1, 0.15) is 0 Å². The van der Waals surface area contributed by atoms with Crippen molar-refractivity contribution in [2.75, 3.05) is 59.0 Å². The van der Waals surface area contributed by atoms with E-state index in [1.165, 1.54) is 38.8 Å². The lowest BCUT2D eigenvalue weighted by Gasteiger charge is -2.26. The summed E-state index contributed by atoms with van der Waals surface area (Å²) >= 11 is 0. The zero-order valence-electron chi connectivity index (χ0n) is 15.2. The predicted molar refractivity (Wildman–Crippen MR) is 110 cm³/mol. The number of hydrogen-bond donors (Lipinski definition) is 1. The van der Waals surface area contributed by atoms with E-state index in [2.05, 4.69) is 22.0 Å². The van der Waals surface area contributed by atoms with Gasteiger partial charge in [-0.25, -0.2) is 0 Å². The number of nitrogens with one attached hydrogen (secondary N) is 1. The van der Waals surface area contributed by atoms with Crippen LogP contribution in [0.1, 0.15) is 39.0 Å². The number of aliphatic imine (C=N–C) groups is 1. The van der Waals surface area contributed by atoms with Crippen LogP contribution in [-0.2, 0) is 4.74 Å². The SMILES string of the molecule is CCNC(=NCCCN1CCOCC1)N1CC2CCCCC2C1.I. The van der Waals surface area contributed by atoms with Gasteiger partial charge in [-0.1, -0.05) is 12.8 Å². The van der Waals surface area contributed by atoms with Crippen molar-refractivity contribution in [3.05, 3.63) is 0 Å². The van der Waals surface area contributed by atoms with E-state index in [-0.39, 0.29) is 24.0 Å². The zero-order chi connectivity index (χ0) is 15.9. The van der Waals surface area contributed by atoms with E-state index < -0.39 is 0 Å². The molecule has 2 heterocycles. The molecule has 2 aliphatic heterocycles. The number of halogens is 1. The van der Waals surface area contributed by atoms with Gasteiger partial charge >= 0.3 is 0 Å². The van der Waals surface area contributed by atoms with E-state index >= 15 is 0 Å². The third-order valence-corrected chi connectivity index (χ3v) is 5.61. The van der Waals surface area contributed by atoms with Crippen molar-refractivity contribution in [2.45, 2.75) is 39.0 Å². The molecule has 3 aliphatic rings. The quantitative estimate of drug-likeness (QED) is 0.302. The highest BCUT2D eigenvalue weighted by molar-refractivity contribution is 14.0. The first kappa shape index (κ1) is 20.2. The van der Waals surface area contributed by atoms with Crippen molar-refractivity contribution < 1.29 is 4.74 Å². The first-order valence-electron chi connectivity index (χ1n) is 9.70. The number of fused-ring (bicyclic) bond motifs is 1. The van der Waals surface area contributed by atoms with Crippen LogP contribution in [0.25, 0.3) is 0 Å². The maximum absolute atomic E-state index is 5.40. The summed E-state index contributed by atoms with van der Waals surface area (Å²) in [4.78, 5) is 9.93. The summed E-state index contributed by atoms with van der Waals surface area (Å²) in [5.74, 6) is 2.99. The lowest BCUT2D eigenvalue weighted by atomic mass is 9.82.